The molecule has 2 N–H and O–H groups in total. The molecule has 0 aliphatic heterocycles. The van der Waals surface area contributed by atoms with Crippen LogP contribution < -0.4 is 11.5 Å². The van der Waals surface area contributed by atoms with Crippen molar-refractivity contribution >= 4 is 0 Å². The Morgan fingerprint density at radius 1 is 1.88 bits per heavy atom. The first-order chi connectivity index (χ1) is 3.84. The SMILES string of the molecule is Cn1cco/c1=N\N. The summed E-state index contributed by atoms with van der Waals surface area (Å²) in [6.07, 6.45) is 3.25. The van der Waals surface area contributed by atoms with Gasteiger partial charge in [-0.1, -0.05) is 0 Å². The Balaban J connectivity index is 3.31. The summed E-state index contributed by atoms with van der Waals surface area (Å²) in [5, 5.41) is 3.33. The fraction of sp³-hybridized carbons (Fsp3) is 0.250. The van der Waals surface area contributed by atoms with Crippen molar-refractivity contribution in [2.24, 2.45) is 18.0 Å². The lowest BCUT2D eigenvalue weighted by Gasteiger charge is -1.80. The van der Waals surface area contributed by atoms with Gasteiger partial charge in [0.05, 0.1) is 0 Å². The fourth-order valence-corrected chi connectivity index (χ4v) is 0.451. The number of nitrogens with two attached hydrogens (primary N) is 1. The summed E-state index contributed by atoms with van der Waals surface area (Å²) >= 11 is 0. The van der Waals surface area contributed by atoms with E-state index in [0.717, 1.165) is 0 Å². The topological polar surface area (TPSA) is 56.5 Å². The summed E-state index contributed by atoms with van der Waals surface area (Å²) in [5.74, 6) is 4.91. The Morgan fingerprint density at radius 2 is 2.62 bits per heavy atom. The Bertz CT molecular complexity index is 221. The van der Waals surface area contributed by atoms with E-state index in [-0.39, 0.29) is 0 Å². The van der Waals surface area contributed by atoms with Crippen molar-refractivity contribution in [3.63, 3.8) is 0 Å². The smallest absolute Gasteiger partial charge is 0.317 e. The standard InChI is InChI=1S/C4H7N3O/c1-7-2-3-8-4(7)6-5/h2-3H,5H2,1H3/b6-4-. The number of oxazole rings is 1. The molecule has 0 amide bonds. The molecule has 0 aliphatic carbocycles. The van der Waals surface area contributed by atoms with Crippen molar-refractivity contribution in [3.05, 3.63) is 18.1 Å². The highest BCUT2D eigenvalue weighted by Crippen LogP contribution is 1.72. The molecular weight excluding hydrogens is 106 g/mol. The lowest BCUT2D eigenvalue weighted by atomic mass is 10.9. The number of hydrogen-bond acceptors (Lipinski definition) is 3. The Kier molecular flexibility index (Phi) is 1.07. The molecule has 1 heterocycles. The van der Waals surface area contributed by atoms with Crippen molar-refractivity contribution < 1.29 is 4.42 Å². The summed E-state index contributed by atoms with van der Waals surface area (Å²) in [4.78, 5) is 0. The van der Waals surface area contributed by atoms with Crippen molar-refractivity contribution in [2.75, 3.05) is 0 Å². The van der Waals surface area contributed by atoms with Gasteiger partial charge in [-0.15, -0.1) is 5.10 Å². The van der Waals surface area contributed by atoms with E-state index < -0.39 is 0 Å². The molecule has 0 unspecified atom stereocenters. The van der Waals surface area contributed by atoms with Gasteiger partial charge < -0.3 is 14.8 Å². The van der Waals surface area contributed by atoms with Crippen LogP contribution in [0.15, 0.2) is 22.0 Å². The summed E-state index contributed by atoms with van der Waals surface area (Å²) in [6, 6.07) is 0. The Hall–Kier alpha value is -1.19. The van der Waals surface area contributed by atoms with E-state index in [1.54, 1.807) is 17.8 Å². The van der Waals surface area contributed by atoms with Crippen LogP contribution in [0.1, 0.15) is 0 Å². The van der Waals surface area contributed by atoms with Crippen molar-refractivity contribution in [1.29, 1.82) is 0 Å². The molecule has 0 radical (unpaired) electrons. The lowest BCUT2D eigenvalue weighted by Crippen LogP contribution is -2.13. The van der Waals surface area contributed by atoms with Crippen molar-refractivity contribution in [1.82, 2.24) is 4.57 Å². The maximum atomic E-state index is 4.91. The highest BCUT2D eigenvalue weighted by atomic mass is 16.3. The van der Waals surface area contributed by atoms with E-state index in [0.29, 0.717) is 5.68 Å². The van der Waals surface area contributed by atoms with E-state index in [1.807, 2.05) is 0 Å². The van der Waals surface area contributed by atoms with Gasteiger partial charge in [0.2, 0.25) is 0 Å². The van der Waals surface area contributed by atoms with Crippen molar-refractivity contribution in [3.8, 4) is 0 Å². The van der Waals surface area contributed by atoms with Gasteiger partial charge in [0.15, 0.2) is 0 Å². The minimum absolute atomic E-state index is 0.421. The number of nitrogens with zero attached hydrogens (tertiary/aromatic N) is 2. The second kappa shape index (κ2) is 1.73. The molecule has 0 saturated heterocycles. The highest BCUT2D eigenvalue weighted by Gasteiger charge is 1.83. The van der Waals surface area contributed by atoms with E-state index in [1.165, 1.54) is 6.26 Å². The molecule has 0 spiro atoms. The summed E-state index contributed by atoms with van der Waals surface area (Å²) in [6.45, 7) is 0. The second-order valence-electron chi connectivity index (χ2n) is 1.43. The highest BCUT2D eigenvalue weighted by molar-refractivity contribution is 4.64. The zero-order valence-corrected chi connectivity index (χ0v) is 4.53. The average Bonchev–Trinajstić information content (AvgIpc) is 2.14. The quantitative estimate of drug-likeness (QED) is 0.360. The van der Waals surface area contributed by atoms with Crippen LogP contribution in [0.3, 0.4) is 0 Å². The average molecular weight is 113 g/mol. The van der Waals surface area contributed by atoms with E-state index in [9.17, 15) is 0 Å². The second-order valence-corrected chi connectivity index (χ2v) is 1.43. The predicted octanol–water partition coefficient (Wildman–Crippen LogP) is -0.608. The number of aromatic nitrogens is 1. The van der Waals surface area contributed by atoms with Gasteiger partial charge in [-0.2, -0.15) is 0 Å². The summed E-state index contributed by atoms with van der Waals surface area (Å²) in [7, 11) is 1.80. The molecule has 0 aromatic carbocycles. The van der Waals surface area contributed by atoms with Crippen LogP contribution in [0.25, 0.3) is 0 Å². The summed E-state index contributed by atoms with van der Waals surface area (Å²) < 4.78 is 6.47. The zero-order valence-electron chi connectivity index (χ0n) is 4.53. The predicted molar refractivity (Wildman–Crippen MR) is 27.4 cm³/mol. The van der Waals surface area contributed by atoms with Gasteiger partial charge >= 0.3 is 5.68 Å². The normalized spacial score (nSPS) is 12.4. The first-order valence-electron chi connectivity index (χ1n) is 2.18. The minimum Gasteiger partial charge on any atom is -0.431 e. The van der Waals surface area contributed by atoms with Crippen LogP contribution in [0, 0.1) is 0 Å². The third-order valence-electron chi connectivity index (χ3n) is 0.870. The van der Waals surface area contributed by atoms with Crippen LogP contribution in [-0.2, 0) is 7.05 Å². The molecule has 0 bridgehead atoms. The first-order valence-corrected chi connectivity index (χ1v) is 2.18. The van der Waals surface area contributed by atoms with E-state index in [4.69, 9.17) is 10.3 Å². The van der Waals surface area contributed by atoms with Crippen LogP contribution in [0.4, 0.5) is 0 Å². The van der Waals surface area contributed by atoms with Gasteiger partial charge in [-0.25, -0.2) is 0 Å². The largest absolute Gasteiger partial charge is 0.431 e. The van der Waals surface area contributed by atoms with Gasteiger partial charge in [0.25, 0.3) is 0 Å². The Labute approximate surface area is 46.2 Å². The van der Waals surface area contributed by atoms with Gasteiger partial charge in [-0.3, -0.25) is 0 Å². The molecule has 4 nitrogen and oxygen atoms in total. The van der Waals surface area contributed by atoms with Crippen LogP contribution >= 0.6 is 0 Å². The molecule has 0 aliphatic rings. The maximum absolute atomic E-state index is 4.91. The van der Waals surface area contributed by atoms with Gasteiger partial charge in [0.1, 0.15) is 6.26 Å². The maximum Gasteiger partial charge on any atom is 0.317 e. The zero-order chi connectivity index (χ0) is 5.98. The van der Waals surface area contributed by atoms with Crippen LogP contribution in [0.5, 0.6) is 0 Å². The molecule has 1 aromatic rings. The molecule has 1 aromatic heterocycles. The molecule has 1 rings (SSSR count). The summed E-state index contributed by atoms with van der Waals surface area (Å²) in [5.41, 5.74) is 0.421. The monoisotopic (exact) mass is 113 g/mol. The molecule has 44 valence electrons. The van der Waals surface area contributed by atoms with E-state index >= 15 is 0 Å². The fourth-order valence-electron chi connectivity index (χ4n) is 0.451. The lowest BCUT2D eigenvalue weighted by molar-refractivity contribution is 0.470. The van der Waals surface area contributed by atoms with Crippen LogP contribution in [0.2, 0.25) is 0 Å². The Morgan fingerprint density at radius 3 is 2.88 bits per heavy atom. The van der Waals surface area contributed by atoms with Gasteiger partial charge in [0, 0.05) is 13.2 Å². The molecule has 0 fully saturated rings. The molecule has 8 heavy (non-hydrogen) atoms. The van der Waals surface area contributed by atoms with E-state index in [2.05, 4.69) is 5.10 Å². The molecule has 0 atom stereocenters. The third kappa shape index (κ3) is 0.598. The molecular formula is C4H7N3O. The minimum atomic E-state index is 0.421. The molecule has 4 heteroatoms. The first kappa shape index (κ1) is 4.96. The van der Waals surface area contributed by atoms with Crippen LogP contribution in [-0.4, -0.2) is 4.57 Å². The molecule has 0 saturated carbocycles. The third-order valence-corrected chi connectivity index (χ3v) is 0.870. The van der Waals surface area contributed by atoms with Gasteiger partial charge in [-0.05, 0) is 0 Å². The van der Waals surface area contributed by atoms with Crippen molar-refractivity contribution in [2.45, 2.75) is 0 Å². The number of hydrogen-bond donors (Lipinski definition) is 1. The number of rotatable bonds is 0. The number of aryl methyl sites for hydroxylation is 1.